The lowest BCUT2D eigenvalue weighted by Gasteiger charge is -2.42. The second kappa shape index (κ2) is 8.23. The van der Waals surface area contributed by atoms with Gasteiger partial charge in [0.2, 0.25) is 0 Å². The van der Waals surface area contributed by atoms with E-state index in [1.807, 2.05) is 12.1 Å². The standard InChI is InChI=1S/C22H24F2O7/c1-11-6-15(26)14(20-19(27)21(28)22(23,24)18(10-25)31-20)9-13(11)7-12-2-3-16-17(8-12)30-5-4-29-16/h2-3,6,8-9,18-21,25-28H,4-5,7,10H2,1H3/t18-,19+,20+,21-/m1/s1. The molecule has 4 rings (SSSR count). The zero-order valence-electron chi connectivity index (χ0n) is 16.8. The Bertz CT molecular complexity index is 961. The Hall–Kier alpha value is -2.46. The molecule has 0 aromatic heterocycles. The number of aryl methyl sites for hydroxylation is 1. The van der Waals surface area contributed by atoms with Gasteiger partial charge in [-0.3, -0.25) is 0 Å². The summed E-state index contributed by atoms with van der Waals surface area (Å²) < 4.78 is 44.5. The smallest absolute Gasteiger partial charge is 0.303 e. The number of halogens is 2. The maximum atomic E-state index is 14.1. The molecule has 0 spiro atoms. The molecule has 0 saturated carbocycles. The summed E-state index contributed by atoms with van der Waals surface area (Å²) >= 11 is 0. The molecule has 0 amide bonds. The van der Waals surface area contributed by atoms with Crippen molar-refractivity contribution in [2.24, 2.45) is 0 Å². The Morgan fingerprint density at radius 2 is 1.77 bits per heavy atom. The summed E-state index contributed by atoms with van der Waals surface area (Å²) in [5.41, 5.74) is 2.45. The molecule has 1 saturated heterocycles. The fourth-order valence-corrected chi connectivity index (χ4v) is 3.95. The third-order valence-corrected chi connectivity index (χ3v) is 5.73. The molecule has 0 radical (unpaired) electrons. The molecule has 2 aromatic rings. The van der Waals surface area contributed by atoms with Crippen LogP contribution in [-0.2, 0) is 11.2 Å². The second-order valence-electron chi connectivity index (χ2n) is 7.83. The number of hydrogen-bond acceptors (Lipinski definition) is 7. The molecule has 2 heterocycles. The number of aliphatic hydroxyl groups excluding tert-OH is 3. The third-order valence-electron chi connectivity index (χ3n) is 5.73. The van der Waals surface area contributed by atoms with Crippen molar-refractivity contribution in [1.29, 1.82) is 0 Å². The Morgan fingerprint density at radius 1 is 1.06 bits per heavy atom. The molecule has 2 aliphatic rings. The summed E-state index contributed by atoms with van der Waals surface area (Å²) in [5.74, 6) is -2.81. The molecule has 7 nitrogen and oxygen atoms in total. The number of phenols is 1. The first kappa shape index (κ1) is 21.8. The number of alkyl halides is 2. The topological polar surface area (TPSA) is 109 Å². The van der Waals surface area contributed by atoms with E-state index in [2.05, 4.69) is 0 Å². The first-order valence-electron chi connectivity index (χ1n) is 9.93. The van der Waals surface area contributed by atoms with Gasteiger partial charge in [-0.15, -0.1) is 0 Å². The minimum Gasteiger partial charge on any atom is -0.508 e. The largest absolute Gasteiger partial charge is 0.508 e. The molecule has 1 fully saturated rings. The third kappa shape index (κ3) is 3.94. The van der Waals surface area contributed by atoms with Crippen LogP contribution in [0.5, 0.6) is 17.2 Å². The van der Waals surface area contributed by atoms with Crippen LogP contribution in [0.2, 0.25) is 0 Å². The highest BCUT2D eigenvalue weighted by molar-refractivity contribution is 5.48. The van der Waals surface area contributed by atoms with E-state index in [1.165, 1.54) is 6.07 Å². The monoisotopic (exact) mass is 438 g/mol. The average molecular weight is 438 g/mol. The number of fused-ring (bicyclic) bond motifs is 1. The van der Waals surface area contributed by atoms with Crippen LogP contribution in [0.15, 0.2) is 30.3 Å². The highest BCUT2D eigenvalue weighted by Crippen LogP contribution is 2.43. The lowest BCUT2D eigenvalue weighted by Crippen LogP contribution is -2.59. The molecular weight excluding hydrogens is 414 g/mol. The minimum absolute atomic E-state index is 0.0543. The molecule has 31 heavy (non-hydrogen) atoms. The Morgan fingerprint density at radius 3 is 2.48 bits per heavy atom. The molecule has 0 aliphatic carbocycles. The summed E-state index contributed by atoms with van der Waals surface area (Å²) in [6.07, 6.45) is -7.47. The quantitative estimate of drug-likeness (QED) is 0.577. The van der Waals surface area contributed by atoms with Crippen LogP contribution >= 0.6 is 0 Å². The normalized spacial score (nSPS) is 27.2. The van der Waals surface area contributed by atoms with Gasteiger partial charge in [-0.1, -0.05) is 6.07 Å². The van der Waals surface area contributed by atoms with Crippen molar-refractivity contribution in [1.82, 2.24) is 0 Å². The molecule has 4 atom stereocenters. The van der Waals surface area contributed by atoms with Gasteiger partial charge in [0.1, 0.15) is 43.4 Å². The molecule has 168 valence electrons. The Balaban J connectivity index is 1.65. The van der Waals surface area contributed by atoms with E-state index in [1.54, 1.807) is 19.1 Å². The van der Waals surface area contributed by atoms with Crippen LogP contribution in [0.4, 0.5) is 8.78 Å². The summed E-state index contributed by atoms with van der Waals surface area (Å²) in [4.78, 5) is 0. The zero-order valence-corrected chi connectivity index (χ0v) is 16.8. The van der Waals surface area contributed by atoms with E-state index in [9.17, 15) is 29.2 Å². The van der Waals surface area contributed by atoms with E-state index >= 15 is 0 Å². The van der Waals surface area contributed by atoms with Crippen molar-refractivity contribution in [2.45, 2.75) is 43.7 Å². The van der Waals surface area contributed by atoms with Crippen LogP contribution in [0.3, 0.4) is 0 Å². The first-order valence-corrected chi connectivity index (χ1v) is 9.93. The molecule has 9 heteroatoms. The summed E-state index contributed by atoms with van der Waals surface area (Å²) in [7, 11) is 0. The number of ether oxygens (including phenoxy) is 3. The molecule has 2 aromatic carbocycles. The van der Waals surface area contributed by atoms with Crippen molar-refractivity contribution < 1.29 is 43.4 Å². The van der Waals surface area contributed by atoms with Gasteiger partial charge in [-0.05, 0) is 54.3 Å². The van der Waals surface area contributed by atoms with E-state index in [4.69, 9.17) is 14.2 Å². The van der Waals surface area contributed by atoms with Gasteiger partial charge in [-0.25, -0.2) is 8.78 Å². The lowest BCUT2D eigenvalue weighted by atomic mass is 9.88. The maximum absolute atomic E-state index is 14.1. The van der Waals surface area contributed by atoms with Gasteiger partial charge in [0.15, 0.2) is 11.5 Å². The number of rotatable bonds is 4. The highest BCUT2D eigenvalue weighted by Gasteiger charge is 2.57. The number of aliphatic hydroxyl groups is 3. The van der Waals surface area contributed by atoms with Crippen molar-refractivity contribution in [3.63, 3.8) is 0 Å². The fraction of sp³-hybridized carbons (Fsp3) is 0.455. The zero-order chi connectivity index (χ0) is 22.3. The lowest BCUT2D eigenvalue weighted by molar-refractivity contribution is -0.296. The van der Waals surface area contributed by atoms with Crippen molar-refractivity contribution in [3.8, 4) is 17.2 Å². The van der Waals surface area contributed by atoms with Crippen LogP contribution < -0.4 is 9.47 Å². The molecule has 4 N–H and O–H groups in total. The number of hydrogen-bond donors (Lipinski definition) is 4. The van der Waals surface area contributed by atoms with E-state index < -0.39 is 36.9 Å². The van der Waals surface area contributed by atoms with Crippen molar-refractivity contribution >= 4 is 0 Å². The summed E-state index contributed by atoms with van der Waals surface area (Å²) in [6.45, 7) is 1.67. The number of phenolic OH excluding ortho intramolecular Hbond substituents is 1. The minimum atomic E-state index is -3.83. The second-order valence-corrected chi connectivity index (χ2v) is 7.83. The van der Waals surface area contributed by atoms with Crippen LogP contribution in [0, 0.1) is 6.92 Å². The van der Waals surface area contributed by atoms with Gasteiger partial charge < -0.3 is 34.6 Å². The van der Waals surface area contributed by atoms with Crippen LogP contribution in [-0.4, -0.2) is 64.5 Å². The summed E-state index contributed by atoms with van der Waals surface area (Å²) in [6, 6.07) is 8.53. The maximum Gasteiger partial charge on any atom is 0.303 e. The molecule has 0 unspecified atom stereocenters. The molecular formula is C22H24F2O7. The van der Waals surface area contributed by atoms with Gasteiger partial charge >= 0.3 is 5.92 Å². The van der Waals surface area contributed by atoms with Crippen molar-refractivity contribution in [3.05, 3.63) is 52.6 Å². The van der Waals surface area contributed by atoms with Crippen LogP contribution in [0.1, 0.15) is 28.4 Å². The van der Waals surface area contributed by atoms with Gasteiger partial charge in [0.05, 0.1) is 6.61 Å². The van der Waals surface area contributed by atoms with E-state index in [0.29, 0.717) is 31.1 Å². The predicted molar refractivity (Wildman–Crippen MR) is 105 cm³/mol. The fourth-order valence-electron chi connectivity index (χ4n) is 3.95. The average Bonchev–Trinajstić information content (AvgIpc) is 2.75. The summed E-state index contributed by atoms with van der Waals surface area (Å²) in [5, 5.41) is 39.9. The Kier molecular flexibility index (Phi) is 5.78. The Labute approximate surface area is 177 Å². The number of aromatic hydroxyl groups is 1. The van der Waals surface area contributed by atoms with E-state index in [-0.39, 0.29) is 11.3 Å². The highest BCUT2D eigenvalue weighted by atomic mass is 19.3. The van der Waals surface area contributed by atoms with Crippen LogP contribution in [0.25, 0.3) is 0 Å². The molecule has 2 aliphatic heterocycles. The van der Waals surface area contributed by atoms with Gasteiger partial charge in [0, 0.05) is 5.56 Å². The SMILES string of the molecule is Cc1cc(O)c([C@@H]2O[C@H](CO)C(F)(F)[C@H](O)[C@H]2O)cc1Cc1ccc2c(c1)OCCO2. The van der Waals surface area contributed by atoms with E-state index in [0.717, 1.165) is 16.7 Å². The molecule has 0 bridgehead atoms. The predicted octanol–water partition coefficient (Wildman–Crippen LogP) is 1.85. The van der Waals surface area contributed by atoms with Crippen molar-refractivity contribution in [2.75, 3.05) is 19.8 Å². The van der Waals surface area contributed by atoms with Gasteiger partial charge in [-0.2, -0.15) is 0 Å². The van der Waals surface area contributed by atoms with Gasteiger partial charge in [0.25, 0.3) is 0 Å². The first-order chi connectivity index (χ1) is 14.7. The number of benzene rings is 2.